The van der Waals surface area contributed by atoms with Crippen molar-refractivity contribution in [1.29, 1.82) is 0 Å². The molecule has 0 amide bonds. The van der Waals surface area contributed by atoms with E-state index < -0.39 is 32.5 Å². The third-order valence-electron chi connectivity index (χ3n) is 8.79. The number of esters is 2. The van der Waals surface area contributed by atoms with Gasteiger partial charge >= 0.3 is 19.8 Å². The van der Waals surface area contributed by atoms with E-state index >= 15 is 0 Å². The normalized spacial score (nSPS) is 13.5. The molecule has 0 aliphatic heterocycles. The van der Waals surface area contributed by atoms with Crippen LogP contribution in [0.15, 0.2) is 109 Å². The van der Waals surface area contributed by atoms with Crippen LogP contribution in [0, 0.1) is 0 Å². The van der Waals surface area contributed by atoms with Crippen molar-refractivity contribution < 1.29 is 37.9 Å². The molecule has 58 heavy (non-hydrogen) atoms. The monoisotopic (exact) mass is 827 g/mol. The summed E-state index contributed by atoms with van der Waals surface area (Å²) in [6, 6.07) is 0. The van der Waals surface area contributed by atoms with E-state index in [1.807, 2.05) is 0 Å². The van der Waals surface area contributed by atoms with E-state index in [-0.39, 0.29) is 19.4 Å². The molecule has 0 aromatic carbocycles. The zero-order chi connectivity index (χ0) is 42.5. The standard InChI is InChI=1S/C49H79O8P/c1-3-5-7-9-11-13-15-17-19-21-23-24-26-27-29-31-33-35-37-39-41-43-48(50)55-45-47(46-56-58(52,53)54)57-49(51)44-42-40-38-36-34-32-30-28-25-22-20-18-16-14-12-10-8-6-4-2/h5-8,11-14,17-20,23-25,28,32,34,47H,3-4,9-10,15-16,21-22,26-27,29-31,33,35-46H2,1-2H3,(H2,52,53,54)/b7-5-,8-6-,13-11-,14-12-,19-17-,20-18-,24-23-,28-25-,34-32-. The molecule has 328 valence electrons. The Balaban J connectivity index is 4.00. The summed E-state index contributed by atoms with van der Waals surface area (Å²) in [4.78, 5) is 43.0. The maximum atomic E-state index is 12.4. The predicted octanol–water partition coefficient (Wildman–Crippen LogP) is 14.0. The topological polar surface area (TPSA) is 119 Å². The van der Waals surface area contributed by atoms with E-state index in [4.69, 9.17) is 19.3 Å². The number of rotatable bonds is 39. The summed E-state index contributed by atoms with van der Waals surface area (Å²) in [6.45, 7) is 3.42. The summed E-state index contributed by atoms with van der Waals surface area (Å²) >= 11 is 0. The highest BCUT2D eigenvalue weighted by Gasteiger charge is 2.22. The molecule has 0 spiro atoms. The lowest BCUT2D eigenvalue weighted by atomic mass is 10.1. The molecule has 0 saturated carbocycles. The third kappa shape index (κ3) is 45.4. The van der Waals surface area contributed by atoms with Crippen LogP contribution in [0.3, 0.4) is 0 Å². The predicted molar refractivity (Wildman–Crippen MR) is 243 cm³/mol. The molecule has 0 fully saturated rings. The number of carbonyl (C=O) groups is 2. The van der Waals surface area contributed by atoms with Gasteiger partial charge in [-0.25, -0.2) is 4.57 Å². The van der Waals surface area contributed by atoms with Gasteiger partial charge < -0.3 is 19.3 Å². The third-order valence-corrected chi connectivity index (χ3v) is 9.27. The lowest BCUT2D eigenvalue weighted by Gasteiger charge is -2.18. The van der Waals surface area contributed by atoms with Crippen LogP contribution >= 0.6 is 7.82 Å². The van der Waals surface area contributed by atoms with Crippen LogP contribution in [0.4, 0.5) is 0 Å². The SMILES string of the molecule is CC/C=C\C/C=C\C/C=C\C/C=C\C/C=C\CCCCCC(=O)OC(COC(=O)CCCCCCCCCC/C=C\C/C=C\C/C=C\C/C=C\CC)COP(=O)(O)O. The van der Waals surface area contributed by atoms with Crippen LogP contribution in [-0.4, -0.2) is 41.0 Å². The Morgan fingerprint density at radius 3 is 1.17 bits per heavy atom. The summed E-state index contributed by atoms with van der Waals surface area (Å²) in [5.41, 5.74) is 0. The Morgan fingerprint density at radius 2 is 0.776 bits per heavy atom. The van der Waals surface area contributed by atoms with Gasteiger partial charge in [0.25, 0.3) is 0 Å². The number of carbonyl (C=O) groups excluding carboxylic acids is 2. The Kier molecular flexibility index (Phi) is 40.8. The van der Waals surface area contributed by atoms with Gasteiger partial charge in [-0.3, -0.25) is 14.1 Å². The second kappa shape index (κ2) is 43.3. The fourth-order valence-corrected chi connectivity index (χ4v) is 5.93. The summed E-state index contributed by atoms with van der Waals surface area (Å²) in [7, 11) is -4.78. The van der Waals surface area contributed by atoms with Crippen LogP contribution in [0.25, 0.3) is 0 Å². The summed E-state index contributed by atoms with van der Waals surface area (Å²) in [6.07, 6.45) is 60.9. The highest BCUT2D eigenvalue weighted by Crippen LogP contribution is 2.36. The Bertz CT molecular complexity index is 1300. The smallest absolute Gasteiger partial charge is 0.462 e. The van der Waals surface area contributed by atoms with E-state index in [0.717, 1.165) is 103 Å². The van der Waals surface area contributed by atoms with Crippen LogP contribution in [0.2, 0.25) is 0 Å². The second-order valence-corrected chi connectivity index (χ2v) is 15.5. The molecule has 0 saturated heterocycles. The average molecular weight is 827 g/mol. The van der Waals surface area contributed by atoms with Crippen molar-refractivity contribution in [3.05, 3.63) is 109 Å². The first-order valence-electron chi connectivity index (χ1n) is 22.2. The summed E-state index contributed by atoms with van der Waals surface area (Å²) in [5, 5.41) is 0. The summed E-state index contributed by atoms with van der Waals surface area (Å²) in [5.74, 6) is -0.942. The summed E-state index contributed by atoms with van der Waals surface area (Å²) < 4.78 is 26.4. The van der Waals surface area contributed by atoms with Crippen molar-refractivity contribution in [3.8, 4) is 0 Å². The van der Waals surface area contributed by atoms with Crippen LogP contribution in [0.1, 0.15) is 168 Å². The van der Waals surface area contributed by atoms with E-state index in [2.05, 4.69) is 128 Å². The lowest BCUT2D eigenvalue weighted by molar-refractivity contribution is -0.161. The highest BCUT2D eigenvalue weighted by atomic mass is 31.2. The molecule has 0 bridgehead atoms. The number of phosphoric acid groups is 1. The second-order valence-electron chi connectivity index (χ2n) is 14.3. The molecule has 0 radical (unpaired) electrons. The molecule has 0 aliphatic carbocycles. The molecular weight excluding hydrogens is 748 g/mol. The minimum absolute atomic E-state index is 0.164. The zero-order valence-electron chi connectivity index (χ0n) is 36.1. The van der Waals surface area contributed by atoms with Gasteiger partial charge in [0.05, 0.1) is 6.61 Å². The largest absolute Gasteiger partial charge is 0.469 e. The highest BCUT2D eigenvalue weighted by molar-refractivity contribution is 7.46. The minimum Gasteiger partial charge on any atom is -0.462 e. The first-order valence-corrected chi connectivity index (χ1v) is 23.7. The molecule has 0 aromatic rings. The molecule has 1 atom stereocenters. The Morgan fingerprint density at radius 1 is 0.448 bits per heavy atom. The minimum atomic E-state index is -4.78. The van der Waals surface area contributed by atoms with Gasteiger partial charge in [-0.05, 0) is 96.3 Å². The van der Waals surface area contributed by atoms with E-state index in [1.54, 1.807) is 0 Å². The molecule has 8 nitrogen and oxygen atoms in total. The van der Waals surface area contributed by atoms with Gasteiger partial charge in [-0.2, -0.15) is 0 Å². The molecule has 0 aromatic heterocycles. The van der Waals surface area contributed by atoms with E-state index in [0.29, 0.717) is 12.8 Å². The van der Waals surface area contributed by atoms with Crippen molar-refractivity contribution in [3.63, 3.8) is 0 Å². The lowest BCUT2D eigenvalue weighted by Crippen LogP contribution is -2.29. The fourth-order valence-electron chi connectivity index (χ4n) is 5.57. The van der Waals surface area contributed by atoms with Gasteiger partial charge in [0, 0.05) is 12.8 Å². The van der Waals surface area contributed by atoms with E-state index in [9.17, 15) is 14.2 Å². The van der Waals surface area contributed by atoms with Gasteiger partial charge in [-0.15, -0.1) is 0 Å². The van der Waals surface area contributed by atoms with Gasteiger partial charge in [0.2, 0.25) is 0 Å². The number of ether oxygens (including phenoxy) is 2. The molecule has 0 aliphatic rings. The van der Waals surface area contributed by atoms with Crippen molar-refractivity contribution in [2.45, 2.75) is 174 Å². The van der Waals surface area contributed by atoms with Crippen LogP contribution in [-0.2, 0) is 28.2 Å². The number of phosphoric ester groups is 1. The van der Waals surface area contributed by atoms with Gasteiger partial charge in [0.1, 0.15) is 6.61 Å². The molecule has 0 heterocycles. The Labute approximate surface area is 353 Å². The van der Waals surface area contributed by atoms with Crippen LogP contribution < -0.4 is 0 Å². The zero-order valence-corrected chi connectivity index (χ0v) is 37.0. The van der Waals surface area contributed by atoms with E-state index in [1.165, 1.54) is 25.7 Å². The van der Waals surface area contributed by atoms with Gasteiger partial charge in [-0.1, -0.05) is 168 Å². The van der Waals surface area contributed by atoms with Crippen LogP contribution in [0.5, 0.6) is 0 Å². The molecule has 0 rings (SSSR count). The number of hydrogen-bond donors (Lipinski definition) is 2. The first-order chi connectivity index (χ1) is 28.3. The van der Waals surface area contributed by atoms with Crippen molar-refractivity contribution >= 4 is 19.8 Å². The maximum Gasteiger partial charge on any atom is 0.469 e. The quantitative estimate of drug-likeness (QED) is 0.0272. The number of allylic oxidation sites excluding steroid dienone is 18. The first kappa shape index (κ1) is 54.7. The van der Waals surface area contributed by atoms with Gasteiger partial charge in [0.15, 0.2) is 6.10 Å². The molecule has 2 N–H and O–H groups in total. The maximum absolute atomic E-state index is 12.4. The number of hydrogen-bond acceptors (Lipinski definition) is 6. The van der Waals surface area contributed by atoms with Crippen molar-refractivity contribution in [2.75, 3.05) is 13.2 Å². The molecule has 9 heteroatoms. The Hall–Kier alpha value is -3.29. The number of unbranched alkanes of at least 4 members (excludes halogenated alkanes) is 11. The molecule has 1 unspecified atom stereocenters. The fraction of sp³-hybridized carbons (Fsp3) is 0.592. The average Bonchev–Trinajstić information content (AvgIpc) is 3.20. The van der Waals surface area contributed by atoms with Crippen molar-refractivity contribution in [1.82, 2.24) is 0 Å². The molecular formula is C49H79O8P. The van der Waals surface area contributed by atoms with Crippen molar-refractivity contribution in [2.24, 2.45) is 0 Å².